The van der Waals surface area contributed by atoms with Crippen molar-refractivity contribution in [2.24, 2.45) is 0 Å². The number of rotatable bonds is 5. The molecule has 0 heterocycles. The molecule has 0 saturated carbocycles. The molecule has 0 atom stereocenters. The first-order valence-electron chi connectivity index (χ1n) is 5.55. The maximum Gasteiger partial charge on any atom is 0.412 e. The van der Waals surface area contributed by atoms with Gasteiger partial charge in [0.2, 0.25) is 5.75 Å². The van der Waals surface area contributed by atoms with Crippen LogP contribution in [0.5, 0.6) is 5.75 Å². The number of nitro benzene ring substituents is 1. The molecule has 0 saturated heterocycles. The van der Waals surface area contributed by atoms with Crippen molar-refractivity contribution in [3.05, 3.63) is 34.4 Å². The zero-order valence-electron chi connectivity index (χ0n) is 10.1. The maximum absolute atomic E-state index is 11.8. The molecule has 1 amide bonds. The highest BCUT2D eigenvalue weighted by atomic mass is 19.4. The van der Waals surface area contributed by atoms with Crippen molar-refractivity contribution >= 4 is 11.8 Å². The molecule has 0 aromatic heterocycles. The third-order valence-corrected chi connectivity index (χ3v) is 2.17. The van der Waals surface area contributed by atoms with Crippen LogP contribution in [0.2, 0.25) is 0 Å². The average Bonchev–Trinajstić information content (AvgIpc) is 2.34. The van der Waals surface area contributed by atoms with Gasteiger partial charge in [0.25, 0.3) is 0 Å². The molecule has 0 unspecified atom stereocenters. The zero-order chi connectivity index (χ0) is 15.2. The van der Waals surface area contributed by atoms with Crippen LogP contribution >= 0.6 is 0 Å². The SMILES string of the molecule is O=C(NCCCC(F)(F)F)Oc1ccccc1[N+](=O)[O-]. The van der Waals surface area contributed by atoms with E-state index in [1.807, 2.05) is 0 Å². The number of nitro groups is 1. The van der Waals surface area contributed by atoms with Crippen molar-refractivity contribution in [2.75, 3.05) is 6.54 Å². The minimum atomic E-state index is -4.29. The van der Waals surface area contributed by atoms with Crippen LogP contribution in [0.4, 0.5) is 23.7 Å². The Morgan fingerprint density at radius 3 is 2.60 bits per heavy atom. The summed E-state index contributed by atoms with van der Waals surface area (Å²) < 4.78 is 40.2. The Balaban J connectivity index is 2.45. The number of halogens is 3. The molecule has 0 aliphatic carbocycles. The van der Waals surface area contributed by atoms with E-state index in [9.17, 15) is 28.1 Å². The van der Waals surface area contributed by atoms with Crippen molar-refractivity contribution in [1.29, 1.82) is 0 Å². The number of hydrogen-bond donors (Lipinski definition) is 1. The van der Waals surface area contributed by atoms with Crippen molar-refractivity contribution in [3.8, 4) is 5.75 Å². The summed E-state index contributed by atoms with van der Waals surface area (Å²) in [6.45, 7) is -0.237. The topological polar surface area (TPSA) is 81.5 Å². The number of carbonyl (C=O) groups is 1. The van der Waals surface area contributed by atoms with Gasteiger partial charge >= 0.3 is 18.0 Å². The number of carbonyl (C=O) groups excluding carboxylic acids is 1. The third kappa shape index (κ3) is 5.55. The summed E-state index contributed by atoms with van der Waals surface area (Å²) in [6.07, 6.45) is -6.65. The number of nitrogens with zero attached hydrogens (tertiary/aromatic N) is 1. The van der Waals surface area contributed by atoms with Gasteiger partial charge in [-0.3, -0.25) is 10.1 Å². The second kappa shape index (κ2) is 6.73. The van der Waals surface area contributed by atoms with Crippen LogP contribution in [0, 0.1) is 10.1 Å². The molecule has 0 aliphatic rings. The van der Waals surface area contributed by atoms with Crippen molar-refractivity contribution in [2.45, 2.75) is 19.0 Å². The van der Waals surface area contributed by atoms with E-state index >= 15 is 0 Å². The summed E-state index contributed by atoms with van der Waals surface area (Å²) in [4.78, 5) is 21.2. The summed E-state index contributed by atoms with van der Waals surface area (Å²) >= 11 is 0. The molecule has 6 nitrogen and oxygen atoms in total. The fourth-order valence-corrected chi connectivity index (χ4v) is 1.31. The van der Waals surface area contributed by atoms with Crippen LogP contribution in [0.3, 0.4) is 0 Å². The van der Waals surface area contributed by atoms with Gasteiger partial charge in [-0.1, -0.05) is 12.1 Å². The quantitative estimate of drug-likeness (QED) is 0.514. The molecule has 1 rings (SSSR count). The first kappa shape index (κ1) is 15.7. The Morgan fingerprint density at radius 2 is 2.00 bits per heavy atom. The summed E-state index contributed by atoms with van der Waals surface area (Å²) in [5, 5.41) is 12.7. The molecule has 0 spiro atoms. The van der Waals surface area contributed by atoms with Gasteiger partial charge in [-0.15, -0.1) is 0 Å². The molecular formula is C11H11F3N2O4. The van der Waals surface area contributed by atoms with E-state index in [1.54, 1.807) is 0 Å². The lowest BCUT2D eigenvalue weighted by atomic mass is 10.3. The van der Waals surface area contributed by atoms with Gasteiger partial charge in [0.15, 0.2) is 0 Å². The van der Waals surface area contributed by atoms with Crippen molar-refractivity contribution in [1.82, 2.24) is 5.32 Å². The highest BCUT2D eigenvalue weighted by Gasteiger charge is 2.26. The summed E-state index contributed by atoms with van der Waals surface area (Å²) in [6, 6.07) is 5.19. The highest BCUT2D eigenvalue weighted by Crippen LogP contribution is 2.25. The second-order valence-corrected chi connectivity index (χ2v) is 3.76. The number of alkyl halides is 3. The van der Waals surface area contributed by atoms with Crippen LogP contribution in [0.1, 0.15) is 12.8 Å². The monoisotopic (exact) mass is 292 g/mol. The Kier molecular flexibility index (Phi) is 5.30. The van der Waals surface area contributed by atoms with E-state index in [0.29, 0.717) is 0 Å². The van der Waals surface area contributed by atoms with E-state index < -0.39 is 29.3 Å². The lowest BCUT2D eigenvalue weighted by Gasteiger charge is -2.08. The van der Waals surface area contributed by atoms with Crippen LogP contribution in [0.15, 0.2) is 24.3 Å². The average molecular weight is 292 g/mol. The van der Waals surface area contributed by atoms with Crippen LogP contribution in [-0.2, 0) is 0 Å². The van der Waals surface area contributed by atoms with Gasteiger partial charge in [-0.2, -0.15) is 13.2 Å². The summed E-state index contributed by atoms with van der Waals surface area (Å²) in [7, 11) is 0. The molecule has 0 fully saturated rings. The molecule has 1 aromatic carbocycles. The number of benzene rings is 1. The van der Waals surface area contributed by atoms with Gasteiger partial charge in [0.05, 0.1) is 4.92 Å². The van der Waals surface area contributed by atoms with E-state index in [4.69, 9.17) is 0 Å². The number of amides is 1. The third-order valence-electron chi connectivity index (χ3n) is 2.17. The molecule has 20 heavy (non-hydrogen) atoms. The lowest BCUT2D eigenvalue weighted by molar-refractivity contribution is -0.385. The van der Waals surface area contributed by atoms with Gasteiger partial charge in [-0.05, 0) is 12.5 Å². The lowest BCUT2D eigenvalue weighted by Crippen LogP contribution is -2.28. The highest BCUT2D eigenvalue weighted by molar-refractivity contribution is 5.71. The predicted octanol–water partition coefficient (Wildman–Crippen LogP) is 3.03. The number of para-hydroxylation sites is 2. The molecule has 0 radical (unpaired) electrons. The Bertz CT molecular complexity index is 491. The second-order valence-electron chi connectivity index (χ2n) is 3.76. The fraction of sp³-hybridized carbons (Fsp3) is 0.364. The molecule has 9 heteroatoms. The minimum Gasteiger partial charge on any atom is -0.403 e. The maximum atomic E-state index is 11.8. The van der Waals surface area contributed by atoms with Gasteiger partial charge < -0.3 is 10.1 Å². The molecule has 1 N–H and O–H groups in total. The van der Waals surface area contributed by atoms with Gasteiger partial charge in [-0.25, -0.2) is 4.79 Å². The van der Waals surface area contributed by atoms with Gasteiger partial charge in [0.1, 0.15) is 0 Å². The van der Waals surface area contributed by atoms with Crippen LogP contribution in [0.25, 0.3) is 0 Å². The van der Waals surface area contributed by atoms with Crippen molar-refractivity contribution in [3.63, 3.8) is 0 Å². The Morgan fingerprint density at radius 1 is 1.35 bits per heavy atom. The molecule has 0 bridgehead atoms. The first-order valence-corrected chi connectivity index (χ1v) is 5.55. The van der Waals surface area contributed by atoms with Crippen LogP contribution in [-0.4, -0.2) is 23.7 Å². The smallest absolute Gasteiger partial charge is 0.403 e. The van der Waals surface area contributed by atoms with E-state index in [-0.39, 0.29) is 18.7 Å². The molecule has 110 valence electrons. The fourth-order valence-electron chi connectivity index (χ4n) is 1.31. The predicted molar refractivity (Wildman–Crippen MR) is 62.4 cm³/mol. The number of ether oxygens (including phenoxy) is 1. The van der Waals surface area contributed by atoms with E-state index in [0.717, 1.165) is 6.07 Å². The number of hydrogen-bond acceptors (Lipinski definition) is 4. The molecule has 1 aromatic rings. The number of nitrogens with one attached hydrogen (secondary N) is 1. The van der Waals surface area contributed by atoms with Crippen molar-refractivity contribution < 1.29 is 27.6 Å². The summed E-state index contributed by atoms with van der Waals surface area (Å²) in [5.41, 5.74) is -0.405. The normalized spacial score (nSPS) is 10.9. The molecular weight excluding hydrogens is 281 g/mol. The van der Waals surface area contributed by atoms with E-state index in [1.165, 1.54) is 18.2 Å². The summed E-state index contributed by atoms with van der Waals surface area (Å²) in [5.74, 6) is -0.272. The first-order chi connectivity index (χ1) is 9.29. The molecule has 0 aliphatic heterocycles. The largest absolute Gasteiger partial charge is 0.412 e. The zero-order valence-corrected chi connectivity index (χ0v) is 10.1. The van der Waals surface area contributed by atoms with E-state index in [2.05, 4.69) is 10.1 Å². The Hall–Kier alpha value is -2.32. The standard InChI is InChI=1S/C11H11F3N2O4/c12-11(13,14)6-3-7-15-10(17)20-9-5-2-1-4-8(9)16(18)19/h1-2,4-5H,3,6-7H2,(H,15,17). The van der Waals surface area contributed by atoms with Gasteiger partial charge in [0, 0.05) is 19.0 Å². The Labute approximate surface area is 111 Å². The minimum absolute atomic E-state index is 0.237. The van der Waals surface area contributed by atoms with Crippen LogP contribution < -0.4 is 10.1 Å².